The number of aliphatic hydroxyl groups is 1. The summed E-state index contributed by atoms with van der Waals surface area (Å²) < 4.78 is 5.30. The lowest BCUT2D eigenvalue weighted by molar-refractivity contribution is 0.0210. The van der Waals surface area contributed by atoms with E-state index in [1.807, 2.05) is 56.6 Å². The Hall–Kier alpha value is -1.84. The highest BCUT2D eigenvalue weighted by molar-refractivity contribution is 5.34. The Bertz CT molecular complexity index is 583. The summed E-state index contributed by atoms with van der Waals surface area (Å²) in [6.07, 6.45) is 1.26. The fraction of sp³-hybridized carbons (Fsp3) is 0.368. The first-order valence-corrected chi connectivity index (χ1v) is 7.59. The van der Waals surface area contributed by atoms with E-state index < -0.39 is 5.60 Å². The molecule has 0 aromatic heterocycles. The molecule has 22 heavy (non-hydrogen) atoms. The van der Waals surface area contributed by atoms with Crippen LogP contribution in [0.3, 0.4) is 0 Å². The Balaban J connectivity index is 2.31. The monoisotopic (exact) mass is 299 g/mol. The summed E-state index contributed by atoms with van der Waals surface area (Å²) in [5.74, 6) is 0.772. The van der Waals surface area contributed by atoms with Gasteiger partial charge in [0.2, 0.25) is 0 Å². The first-order valence-electron chi connectivity index (χ1n) is 7.59. The molecule has 2 aromatic carbocycles. The second kappa shape index (κ2) is 7.43. The summed E-state index contributed by atoms with van der Waals surface area (Å²) in [7, 11) is 5.69. The second-order valence-corrected chi connectivity index (χ2v) is 5.98. The van der Waals surface area contributed by atoms with Crippen LogP contribution >= 0.6 is 0 Å². The number of nitrogens with zero attached hydrogens (tertiary/aromatic N) is 1. The summed E-state index contributed by atoms with van der Waals surface area (Å²) in [6, 6.07) is 17.9. The van der Waals surface area contributed by atoms with E-state index in [4.69, 9.17) is 4.74 Å². The van der Waals surface area contributed by atoms with Crippen molar-refractivity contribution in [3.05, 3.63) is 65.7 Å². The molecule has 118 valence electrons. The number of methoxy groups -OCH3 is 1. The normalized spacial score (nSPS) is 13.9. The Labute approximate surface area is 133 Å². The minimum absolute atomic E-state index is 0.592. The maximum atomic E-state index is 11.3. The molecule has 0 bridgehead atoms. The molecular formula is C19H25NO2. The smallest absolute Gasteiger partial charge is 0.119 e. The second-order valence-electron chi connectivity index (χ2n) is 5.98. The molecule has 0 aliphatic carbocycles. The van der Waals surface area contributed by atoms with Gasteiger partial charge in [-0.25, -0.2) is 0 Å². The highest BCUT2D eigenvalue weighted by atomic mass is 16.5. The molecular weight excluding hydrogens is 274 g/mol. The average molecular weight is 299 g/mol. The van der Waals surface area contributed by atoms with Crippen molar-refractivity contribution < 1.29 is 9.84 Å². The predicted octanol–water partition coefficient (Wildman–Crippen LogP) is 3.08. The SMILES string of the molecule is COc1cccc(C(O)(CCN(C)C)Cc2ccccc2)c1. The zero-order valence-corrected chi connectivity index (χ0v) is 13.6. The van der Waals surface area contributed by atoms with E-state index in [0.717, 1.165) is 23.4 Å². The van der Waals surface area contributed by atoms with Gasteiger partial charge in [0.25, 0.3) is 0 Å². The average Bonchev–Trinajstić information content (AvgIpc) is 2.54. The molecule has 0 aliphatic rings. The lowest BCUT2D eigenvalue weighted by Crippen LogP contribution is -2.33. The third-order valence-electron chi connectivity index (χ3n) is 3.92. The number of rotatable bonds is 7. The summed E-state index contributed by atoms with van der Waals surface area (Å²) in [4.78, 5) is 2.09. The van der Waals surface area contributed by atoms with Gasteiger partial charge in [-0.1, -0.05) is 42.5 Å². The minimum Gasteiger partial charge on any atom is -0.497 e. The molecule has 0 saturated carbocycles. The van der Waals surface area contributed by atoms with E-state index in [1.165, 1.54) is 0 Å². The van der Waals surface area contributed by atoms with Crippen LogP contribution in [0.4, 0.5) is 0 Å². The van der Waals surface area contributed by atoms with Gasteiger partial charge < -0.3 is 14.7 Å². The highest BCUT2D eigenvalue weighted by Crippen LogP contribution is 2.31. The maximum Gasteiger partial charge on any atom is 0.119 e. The van der Waals surface area contributed by atoms with Crippen molar-refractivity contribution in [2.75, 3.05) is 27.7 Å². The quantitative estimate of drug-likeness (QED) is 0.853. The van der Waals surface area contributed by atoms with Crippen LogP contribution in [0.2, 0.25) is 0 Å². The number of hydrogen-bond donors (Lipinski definition) is 1. The van der Waals surface area contributed by atoms with Crippen molar-refractivity contribution in [3.63, 3.8) is 0 Å². The van der Waals surface area contributed by atoms with Gasteiger partial charge in [0.05, 0.1) is 12.7 Å². The van der Waals surface area contributed by atoms with Gasteiger partial charge in [0.15, 0.2) is 0 Å². The van der Waals surface area contributed by atoms with Gasteiger partial charge in [-0.15, -0.1) is 0 Å². The van der Waals surface area contributed by atoms with Crippen LogP contribution in [0, 0.1) is 0 Å². The van der Waals surface area contributed by atoms with Crippen molar-refractivity contribution in [1.29, 1.82) is 0 Å². The number of benzene rings is 2. The van der Waals surface area contributed by atoms with Crippen LogP contribution < -0.4 is 4.74 Å². The van der Waals surface area contributed by atoms with Gasteiger partial charge in [-0.2, -0.15) is 0 Å². The summed E-state index contributed by atoms with van der Waals surface area (Å²) in [5, 5.41) is 11.3. The predicted molar refractivity (Wildman–Crippen MR) is 90.2 cm³/mol. The van der Waals surface area contributed by atoms with E-state index in [2.05, 4.69) is 17.0 Å². The van der Waals surface area contributed by atoms with Gasteiger partial charge in [-0.05, 0) is 43.8 Å². The molecule has 0 aliphatic heterocycles. The standard InChI is InChI=1S/C19H25NO2/c1-20(2)13-12-19(21,15-16-8-5-4-6-9-16)17-10-7-11-18(14-17)22-3/h4-11,14,21H,12-13,15H2,1-3H3. The lowest BCUT2D eigenvalue weighted by Gasteiger charge is -2.30. The first kappa shape index (κ1) is 16.5. The zero-order chi connectivity index (χ0) is 16.0. The van der Waals surface area contributed by atoms with Gasteiger partial charge in [-0.3, -0.25) is 0 Å². The number of ether oxygens (including phenoxy) is 1. The summed E-state index contributed by atoms with van der Waals surface area (Å²) >= 11 is 0. The fourth-order valence-electron chi connectivity index (χ4n) is 2.59. The maximum absolute atomic E-state index is 11.3. The molecule has 2 aromatic rings. The summed E-state index contributed by atoms with van der Waals surface area (Å²) in [6.45, 7) is 0.820. The van der Waals surface area contributed by atoms with E-state index in [1.54, 1.807) is 7.11 Å². The van der Waals surface area contributed by atoms with Crippen LogP contribution in [0.5, 0.6) is 5.75 Å². The van der Waals surface area contributed by atoms with E-state index in [9.17, 15) is 5.11 Å². The van der Waals surface area contributed by atoms with Gasteiger partial charge in [0, 0.05) is 13.0 Å². The molecule has 0 spiro atoms. The molecule has 0 amide bonds. The highest BCUT2D eigenvalue weighted by Gasteiger charge is 2.30. The molecule has 1 atom stereocenters. The van der Waals surface area contributed by atoms with Crippen LogP contribution in [0.1, 0.15) is 17.5 Å². The van der Waals surface area contributed by atoms with Crippen molar-refractivity contribution in [1.82, 2.24) is 4.90 Å². The van der Waals surface area contributed by atoms with Crippen molar-refractivity contribution in [2.24, 2.45) is 0 Å². The van der Waals surface area contributed by atoms with E-state index in [0.29, 0.717) is 12.8 Å². The van der Waals surface area contributed by atoms with Gasteiger partial charge in [0.1, 0.15) is 5.75 Å². The Morgan fingerprint density at radius 1 is 1.05 bits per heavy atom. The molecule has 2 rings (SSSR count). The first-order chi connectivity index (χ1) is 10.5. The van der Waals surface area contributed by atoms with E-state index in [-0.39, 0.29) is 0 Å². The zero-order valence-electron chi connectivity index (χ0n) is 13.6. The van der Waals surface area contributed by atoms with Gasteiger partial charge >= 0.3 is 0 Å². The van der Waals surface area contributed by atoms with Crippen LogP contribution in [0.15, 0.2) is 54.6 Å². The molecule has 1 unspecified atom stereocenters. The summed E-state index contributed by atoms with van der Waals surface area (Å²) in [5.41, 5.74) is 1.13. The molecule has 0 heterocycles. The van der Waals surface area contributed by atoms with E-state index >= 15 is 0 Å². The number of hydrogen-bond acceptors (Lipinski definition) is 3. The Morgan fingerprint density at radius 3 is 2.41 bits per heavy atom. The lowest BCUT2D eigenvalue weighted by atomic mass is 9.84. The fourth-order valence-corrected chi connectivity index (χ4v) is 2.59. The van der Waals surface area contributed by atoms with Crippen molar-refractivity contribution >= 4 is 0 Å². The largest absolute Gasteiger partial charge is 0.497 e. The third kappa shape index (κ3) is 4.33. The van der Waals surface area contributed by atoms with Crippen LogP contribution in [-0.2, 0) is 12.0 Å². The Morgan fingerprint density at radius 2 is 1.77 bits per heavy atom. The molecule has 0 fully saturated rings. The topological polar surface area (TPSA) is 32.7 Å². The molecule has 1 N–H and O–H groups in total. The van der Waals surface area contributed by atoms with Crippen LogP contribution in [-0.4, -0.2) is 37.8 Å². The van der Waals surface area contributed by atoms with Crippen LogP contribution in [0.25, 0.3) is 0 Å². The molecule has 0 radical (unpaired) electrons. The minimum atomic E-state index is -0.903. The molecule has 3 heteroatoms. The Kier molecular flexibility index (Phi) is 5.58. The van der Waals surface area contributed by atoms with Crippen molar-refractivity contribution in [3.8, 4) is 5.75 Å². The molecule has 3 nitrogen and oxygen atoms in total. The third-order valence-corrected chi connectivity index (χ3v) is 3.92. The molecule has 0 saturated heterocycles. The van der Waals surface area contributed by atoms with Crippen molar-refractivity contribution in [2.45, 2.75) is 18.4 Å².